The second-order valence-electron chi connectivity index (χ2n) is 6.71. The first-order valence-corrected chi connectivity index (χ1v) is 10.2. The van der Waals surface area contributed by atoms with Crippen molar-refractivity contribution < 1.29 is 29.3 Å². The van der Waals surface area contributed by atoms with E-state index in [4.69, 9.17) is 19.7 Å². The predicted molar refractivity (Wildman–Crippen MR) is 101 cm³/mol. The highest BCUT2D eigenvalue weighted by atomic mass is 16.5. The van der Waals surface area contributed by atoms with Crippen LogP contribution in [0.15, 0.2) is 0 Å². The summed E-state index contributed by atoms with van der Waals surface area (Å²) in [6.07, 6.45) is 12.6. The van der Waals surface area contributed by atoms with E-state index in [0.717, 1.165) is 19.3 Å². The third-order valence-corrected chi connectivity index (χ3v) is 4.34. The van der Waals surface area contributed by atoms with Crippen LogP contribution < -0.4 is 0 Å². The van der Waals surface area contributed by atoms with Crippen molar-refractivity contribution in [2.24, 2.45) is 5.92 Å². The Labute approximate surface area is 158 Å². The number of aliphatic hydroxyl groups is 2. The van der Waals surface area contributed by atoms with Gasteiger partial charge in [0.05, 0.1) is 25.6 Å². The predicted octanol–water partition coefficient (Wildman–Crippen LogP) is 3.37. The summed E-state index contributed by atoms with van der Waals surface area (Å²) >= 11 is 0. The molecular formula is C20H38O6. The van der Waals surface area contributed by atoms with Crippen LogP contribution in [0.2, 0.25) is 0 Å². The van der Waals surface area contributed by atoms with E-state index in [1.54, 1.807) is 0 Å². The van der Waals surface area contributed by atoms with Gasteiger partial charge in [-0.25, -0.2) is 0 Å². The maximum absolute atomic E-state index is 12.0. The summed E-state index contributed by atoms with van der Waals surface area (Å²) in [5.41, 5.74) is 0. The molecule has 0 saturated carbocycles. The standard InChI is InChI=1S/C20H38O6/c1-2-3-4-5-6-7-8-9-10-11-12-18(20(24)26-16-14-22)17-19(23)25-15-13-21/h18,21-22H,2-17H2,1H3. The molecule has 154 valence electrons. The van der Waals surface area contributed by atoms with E-state index in [1.807, 2.05) is 0 Å². The molecule has 0 saturated heterocycles. The molecule has 0 amide bonds. The molecule has 0 aliphatic carbocycles. The lowest BCUT2D eigenvalue weighted by Gasteiger charge is -2.15. The molecular weight excluding hydrogens is 336 g/mol. The fourth-order valence-electron chi connectivity index (χ4n) is 2.87. The Morgan fingerprint density at radius 3 is 1.81 bits per heavy atom. The Bertz CT molecular complexity index is 345. The van der Waals surface area contributed by atoms with Crippen molar-refractivity contribution in [3.05, 3.63) is 0 Å². The first-order valence-electron chi connectivity index (χ1n) is 10.2. The van der Waals surface area contributed by atoms with Crippen LogP contribution in [-0.4, -0.2) is 48.6 Å². The van der Waals surface area contributed by atoms with Crippen LogP contribution in [0.1, 0.15) is 84.0 Å². The van der Waals surface area contributed by atoms with Gasteiger partial charge in [0.15, 0.2) is 0 Å². The van der Waals surface area contributed by atoms with Gasteiger partial charge in [0.25, 0.3) is 0 Å². The Balaban J connectivity index is 3.95. The van der Waals surface area contributed by atoms with Gasteiger partial charge in [-0.15, -0.1) is 0 Å². The molecule has 2 N–H and O–H groups in total. The van der Waals surface area contributed by atoms with Crippen molar-refractivity contribution in [2.75, 3.05) is 26.4 Å². The zero-order chi connectivity index (χ0) is 19.5. The van der Waals surface area contributed by atoms with Crippen LogP contribution in [0.4, 0.5) is 0 Å². The van der Waals surface area contributed by atoms with E-state index in [1.165, 1.54) is 44.9 Å². The van der Waals surface area contributed by atoms with Gasteiger partial charge in [-0.1, -0.05) is 71.1 Å². The summed E-state index contributed by atoms with van der Waals surface area (Å²) in [5.74, 6) is -1.50. The number of esters is 2. The quantitative estimate of drug-likeness (QED) is 0.282. The summed E-state index contributed by atoms with van der Waals surface area (Å²) < 4.78 is 9.78. The largest absolute Gasteiger partial charge is 0.463 e. The Kier molecular flexibility index (Phi) is 17.8. The summed E-state index contributed by atoms with van der Waals surface area (Å²) in [6.45, 7) is 1.64. The Morgan fingerprint density at radius 1 is 0.769 bits per heavy atom. The van der Waals surface area contributed by atoms with Gasteiger partial charge in [-0.3, -0.25) is 9.59 Å². The zero-order valence-corrected chi connectivity index (χ0v) is 16.4. The van der Waals surface area contributed by atoms with Gasteiger partial charge in [-0.2, -0.15) is 0 Å². The minimum Gasteiger partial charge on any atom is -0.463 e. The number of carbonyl (C=O) groups excluding carboxylic acids is 2. The van der Waals surface area contributed by atoms with Gasteiger partial charge < -0.3 is 19.7 Å². The molecule has 0 spiro atoms. The van der Waals surface area contributed by atoms with E-state index >= 15 is 0 Å². The zero-order valence-electron chi connectivity index (χ0n) is 16.4. The first kappa shape index (κ1) is 24.9. The molecule has 0 bridgehead atoms. The molecule has 26 heavy (non-hydrogen) atoms. The van der Waals surface area contributed by atoms with Crippen LogP contribution in [0.5, 0.6) is 0 Å². The molecule has 0 rings (SSSR count). The molecule has 6 nitrogen and oxygen atoms in total. The van der Waals surface area contributed by atoms with Gasteiger partial charge in [0, 0.05) is 0 Å². The Hall–Kier alpha value is -1.14. The number of carbonyl (C=O) groups is 2. The van der Waals surface area contributed by atoms with Gasteiger partial charge in [-0.05, 0) is 6.42 Å². The minimum absolute atomic E-state index is 0.0400. The lowest BCUT2D eigenvalue weighted by Crippen LogP contribution is -2.23. The minimum atomic E-state index is -0.540. The SMILES string of the molecule is CCCCCCCCCCCCC(CC(=O)OCCO)C(=O)OCCO. The van der Waals surface area contributed by atoms with Crippen LogP contribution in [0.25, 0.3) is 0 Å². The third kappa shape index (κ3) is 15.1. The monoisotopic (exact) mass is 374 g/mol. The maximum atomic E-state index is 12.0. The van der Waals surface area contributed by atoms with E-state index < -0.39 is 17.9 Å². The third-order valence-electron chi connectivity index (χ3n) is 4.34. The van der Waals surface area contributed by atoms with Gasteiger partial charge >= 0.3 is 11.9 Å². The van der Waals surface area contributed by atoms with E-state index in [0.29, 0.717) is 6.42 Å². The molecule has 0 aromatic heterocycles. The highest BCUT2D eigenvalue weighted by Gasteiger charge is 2.23. The maximum Gasteiger partial charge on any atom is 0.309 e. The van der Waals surface area contributed by atoms with Crippen LogP contribution >= 0.6 is 0 Å². The summed E-state index contributed by atoms with van der Waals surface area (Å²) in [4.78, 5) is 23.7. The molecule has 0 aliphatic rings. The average molecular weight is 375 g/mol. The fourth-order valence-corrected chi connectivity index (χ4v) is 2.87. The van der Waals surface area contributed by atoms with Crippen LogP contribution in [0, 0.1) is 5.92 Å². The lowest BCUT2D eigenvalue weighted by molar-refractivity contribution is -0.156. The molecule has 0 aromatic rings. The number of unbranched alkanes of at least 4 members (excludes halogenated alkanes) is 9. The fraction of sp³-hybridized carbons (Fsp3) is 0.900. The van der Waals surface area contributed by atoms with Gasteiger partial charge in [0.2, 0.25) is 0 Å². The highest BCUT2D eigenvalue weighted by Crippen LogP contribution is 2.18. The highest BCUT2D eigenvalue weighted by molar-refractivity contribution is 5.79. The van der Waals surface area contributed by atoms with Crippen molar-refractivity contribution in [1.82, 2.24) is 0 Å². The van der Waals surface area contributed by atoms with Crippen LogP contribution in [0.3, 0.4) is 0 Å². The van der Waals surface area contributed by atoms with Crippen molar-refractivity contribution in [1.29, 1.82) is 0 Å². The molecule has 0 radical (unpaired) electrons. The Morgan fingerprint density at radius 2 is 1.27 bits per heavy atom. The van der Waals surface area contributed by atoms with E-state index in [2.05, 4.69) is 6.92 Å². The van der Waals surface area contributed by atoms with E-state index in [-0.39, 0.29) is 32.8 Å². The van der Waals surface area contributed by atoms with Crippen molar-refractivity contribution in [3.8, 4) is 0 Å². The smallest absolute Gasteiger partial charge is 0.309 e. The van der Waals surface area contributed by atoms with Crippen molar-refractivity contribution >= 4 is 11.9 Å². The second-order valence-corrected chi connectivity index (χ2v) is 6.71. The summed E-state index contributed by atoms with van der Waals surface area (Å²) in [5, 5.41) is 17.4. The molecule has 0 aromatic carbocycles. The summed E-state index contributed by atoms with van der Waals surface area (Å²) in [7, 11) is 0. The van der Waals surface area contributed by atoms with E-state index in [9.17, 15) is 9.59 Å². The number of hydrogen-bond acceptors (Lipinski definition) is 6. The number of aliphatic hydroxyl groups excluding tert-OH is 2. The number of hydrogen-bond donors (Lipinski definition) is 2. The average Bonchev–Trinajstić information content (AvgIpc) is 2.64. The van der Waals surface area contributed by atoms with Crippen molar-refractivity contribution in [3.63, 3.8) is 0 Å². The second kappa shape index (κ2) is 18.6. The normalized spacial score (nSPS) is 12.0. The van der Waals surface area contributed by atoms with Crippen LogP contribution in [-0.2, 0) is 19.1 Å². The lowest BCUT2D eigenvalue weighted by atomic mass is 9.97. The summed E-state index contributed by atoms with van der Waals surface area (Å²) in [6, 6.07) is 0. The molecule has 0 fully saturated rings. The molecule has 1 unspecified atom stereocenters. The molecule has 0 aliphatic heterocycles. The first-order chi connectivity index (χ1) is 12.7. The molecule has 6 heteroatoms. The van der Waals surface area contributed by atoms with Gasteiger partial charge in [0.1, 0.15) is 13.2 Å². The number of rotatable bonds is 18. The van der Waals surface area contributed by atoms with Crippen molar-refractivity contribution in [2.45, 2.75) is 84.0 Å². The molecule has 0 heterocycles. The number of ether oxygens (including phenoxy) is 2. The molecule has 1 atom stereocenters. The topological polar surface area (TPSA) is 93.1 Å².